The first-order valence-corrected chi connectivity index (χ1v) is 10.1. The van der Waals surface area contributed by atoms with E-state index in [9.17, 15) is 8.42 Å². The first-order valence-electron chi connectivity index (χ1n) is 8.66. The number of fused-ring (bicyclic) bond motifs is 1. The fourth-order valence-electron chi connectivity index (χ4n) is 3.75. The van der Waals surface area contributed by atoms with Gasteiger partial charge in [0.2, 0.25) is 0 Å². The highest BCUT2D eigenvalue weighted by atomic mass is 32.2. The minimum absolute atomic E-state index is 0.325. The van der Waals surface area contributed by atoms with Crippen LogP contribution in [0.25, 0.3) is 10.9 Å². The van der Waals surface area contributed by atoms with Gasteiger partial charge in [-0.2, -0.15) is 0 Å². The molecular formula is C20H22N2O2S. The van der Waals surface area contributed by atoms with Gasteiger partial charge in [-0.3, -0.25) is 0 Å². The van der Waals surface area contributed by atoms with Crippen molar-refractivity contribution in [1.82, 2.24) is 8.87 Å². The second-order valence-electron chi connectivity index (χ2n) is 6.79. The Kier molecular flexibility index (Phi) is 4.13. The van der Waals surface area contributed by atoms with Gasteiger partial charge in [0.05, 0.1) is 10.4 Å². The summed E-state index contributed by atoms with van der Waals surface area (Å²) in [6.45, 7) is 2.10. The molecule has 2 aromatic carbocycles. The minimum Gasteiger partial charge on any atom is -0.306 e. The van der Waals surface area contributed by atoms with E-state index >= 15 is 0 Å². The van der Waals surface area contributed by atoms with Crippen molar-refractivity contribution >= 4 is 20.9 Å². The lowest BCUT2D eigenvalue weighted by atomic mass is 9.88. The predicted octanol–water partition coefficient (Wildman–Crippen LogP) is 3.69. The van der Waals surface area contributed by atoms with Crippen LogP contribution in [0, 0.1) is 0 Å². The topological polar surface area (TPSA) is 42.3 Å². The van der Waals surface area contributed by atoms with E-state index in [2.05, 4.69) is 18.0 Å². The van der Waals surface area contributed by atoms with E-state index in [0.29, 0.717) is 10.8 Å². The third-order valence-corrected chi connectivity index (χ3v) is 6.86. The second kappa shape index (κ2) is 6.32. The Morgan fingerprint density at radius 3 is 2.36 bits per heavy atom. The van der Waals surface area contributed by atoms with Crippen LogP contribution in [0.1, 0.15) is 24.3 Å². The fraction of sp³-hybridized carbons (Fsp3) is 0.300. The molecule has 4 rings (SSSR count). The van der Waals surface area contributed by atoms with Crippen molar-refractivity contribution < 1.29 is 8.42 Å². The maximum atomic E-state index is 13.2. The molecule has 0 aliphatic carbocycles. The van der Waals surface area contributed by atoms with Crippen LogP contribution in [-0.4, -0.2) is 37.4 Å². The average Bonchev–Trinajstić information content (AvgIpc) is 3.08. The first-order chi connectivity index (χ1) is 12.1. The summed E-state index contributed by atoms with van der Waals surface area (Å²) in [5, 5.41) is 0.982. The number of piperidine rings is 1. The number of likely N-dealkylation sites (tertiary alicyclic amines) is 1. The van der Waals surface area contributed by atoms with E-state index in [4.69, 9.17) is 0 Å². The van der Waals surface area contributed by atoms with Gasteiger partial charge in [0.1, 0.15) is 0 Å². The SMILES string of the molecule is CN1CCC(c2cccc3ccn(S(=O)(=O)c4ccccc4)c23)CC1. The molecule has 1 aliphatic heterocycles. The van der Waals surface area contributed by atoms with Gasteiger partial charge in [-0.1, -0.05) is 36.4 Å². The molecule has 0 saturated carbocycles. The standard InChI is InChI=1S/C20H22N2O2S/c1-21-13-10-16(11-14-21)19-9-5-6-17-12-15-22(20(17)19)25(23,24)18-7-3-2-4-8-18/h2-9,12,15-16H,10-11,13-14H2,1H3. The zero-order valence-electron chi connectivity index (χ0n) is 14.3. The van der Waals surface area contributed by atoms with Gasteiger partial charge >= 0.3 is 0 Å². The van der Waals surface area contributed by atoms with E-state index in [0.717, 1.165) is 42.4 Å². The Hall–Kier alpha value is -2.11. The van der Waals surface area contributed by atoms with Crippen LogP contribution in [0.3, 0.4) is 0 Å². The Labute approximate surface area is 148 Å². The normalized spacial score (nSPS) is 17.2. The molecule has 1 saturated heterocycles. The molecule has 0 unspecified atom stereocenters. The molecule has 0 spiro atoms. The Bertz CT molecular complexity index is 985. The van der Waals surface area contributed by atoms with Gasteiger partial charge in [-0.25, -0.2) is 12.4 Å². The monoisotopic (exact) mass is 354 g/mol. The van der Waals surface area contributed by atoms with E-state index in [1.54, 1.807) is 30.5 Å². The summed E-state index contributed by atoms with van der Waals surface area (Å²) in [6.07, 6.45) is 3.81. The number of hydrogen-bond donors (Lipinski definition) is 0. The lowest BCUT2D eigenvalue weighted by Crippen LogP contribution is -2.29. The van der Waals surface area contributed by atoms with E-state index in [1.807, 2.05) is 24.3 Å². The highest BCUT2D eigenvalue weighted by molar-refractivity contribution is 7.90. The molecule has 1 fully saturated rings. The highest BCUT2D eigenvalue weighted by Gasteiger charge is 2.25. The van der Waals surface area contributed by atoms with Gasteiger partial charge in [0.15, 0.2) is 0 Å². The zero-order chi connectivity index (χ0) is 17.4. The smallest absolute Gasteiger partial charge is 0.268 e. The van der Waals surface area contributed by atoms with Crippen LogP contribution in [-0.2, 0) is 10.0 Å². The fourth-order valence-corrected chi connectivity index (χ4v) is 5.15. The number of nitrogens with zero attached hydrogens (tertiary/aromatic N) is 2. The third-order valence-electron chi connectivity index (χ3n) is 5.17. The lowest BCUT2D eigenvalue weighted by Gasteiger charge is -2.29. The summed E-state index contributed by atoms with van der Waals surface area (Å²) < 4.78 is 27.8. The van der Waals surface area contributed by atoms with E-state index < -0.39 is 10.0 Å². The van der Waals surface area contributed by atoms with Crippen molar-refractivity contribution in [1.29, 1.82) is 0 Å². The molecule has 2 heterocycles. The first kappa shape index (κ1) is 16.4. The van der Waals surface area contributed by atoms with Crippen LogP contribution in [0.4, 0.5) is 0 Å². The number of aromatic nitrogens is 1. The summed E-state index contributed by atoms with van der Waals surface area (Å²) in [4.78, 5) is 2.65. The summed E-state index contributed by atoms with van der Waals surface area (Å²) in [7, 11) is -1.45. The summed E-state index contributed by atoms with van der Waals surface area (Å²) >= 11 is 0. The van der Waals surface area contributed by atoms with Gasteiger partial charge in [0, 0.05) is 11.6 Å². The van der Waals surface area contributed by atoms with Gasteiger partial charge < -0.3 is 4.90 Å². The molecule has 0 bridgehead atoms. The van der Waals surface area contributed by atoms with Crippen molar-refractivity contribution in [2.75, 3.05) is 20.1 Å². The van der Waals surface area contributed by atoms with E-state index in [1.165, 1.54) is 3.97 Å². The van der Waals surface area contributed by atoms with Crippen LogP contribution in [0.2, 0.25) is 0 Å². The maximum absolute atomic E-state index is 13.2. The predicted molar refractivity (Wildman–Crippen MR) is 100 cm³/mol. The van der Waals surface area contributed by atoms with Crippen LogP contribution in [0.5, 0.6) is 0 Å². The van der Waals surface area contributed by atoms with Crippen molar-refractivity contribution in [3.63, 3.8) is 0 Å². The molecule has 0 radical (unpaired) electrons. The molecular weight excluding hydrogens is 332 g/mol. The highest BCUT2D eigenvalue weighted by Crippen LogP contribution is 2.34. The van der Waals surface area contributed by atoms with Crippen LogP contribution < -0.4 is 0 Å². The van der Waals surface area contributed by atoms with Crippen molar-refractivity contribution in [2.24, 2.45) is 0 Å². The minimum atomic E-state index is -3.59. The van der Waals surface area contributed by atoms with E-state index in [-0.39, 0.29) is 0 Å². The molecule has 5 heteroatoms. The summed E-state index contributed by atoms with van der Waals surface area (Å²) in [6, 6.07) is 16.7. The van der Waals surface area contributed by atoms with Gasteiger partial charge in [0.25, 0.3) is 10.0 Å². The molecule has 0 atom stereocenters. The lowest BCUT2D eigenvalue weighted by molar-refractivity contribution is 0.256. The quantitative estimate of drug-likeness (QED) is 0.720. The molecule has 0 amide bonds. The van der Waals surface area contributed by atoms with Gasteiger partial charge in [-0.05, 0) is 62.7 Å². The molecule has 4 nitrogen and oxygen atoms in total. The second-order valence-corrected chi connectivity index (χ2v) is 8.61. The Morgan fingerprint density at radius 2 is 1.64 bits per heavy atom. The van der Waals surface area contributed by atoms with Gasteiger partial charge in [-0.15, -0.1) is 0 Å². The van der Waals surface area contributed by atoms with Crippen molar-refractivity contribution in [3.8, 4) is 0 Å². The number of rotatable bonds is 3. The maximum Gasteiger partial charge on any atom is 0.268 e. The largest absolute Gasteiger partial charge is 0.306 e. The molecule has 25 heavy (non-hydrogen) atoms. The Balaban J connectivity index is 1.86. The number of benzene rings is 2. The molecule has 1 aromatic heterocycles. The van der Waals surface area contributed by atoms with Crippen LogP contribution in [0.15, 0.2) is 65.7 Å². The summed E-state index contributed by atoms with van der Waals surface area (Å²) in [5.74, 6) is 0.402. The number of para-hydroxylation sites is 1. The Morgan fingerprint density at radius 1 is 0.920 bits per heavy atom. The van der Waals surface area contributed by atoms with Crippen molar-refractivity contribution in [2.45, 2.75) is 23.7 Å². The average molecular weight is 354 g/mol. The molecule has 1 aliphatic rings. The summed E-state index contributed by atoms with van der Waals surface area (Å²) in [5.41, 5.74) is 1.98. The molecule has 3 aromatic rings. The third kappa shape index (κ3) is 2.87. The zero-order valence-corrected chi connectivity index (χ0v) is 15.1. The van der Waals surface area contributed by atoms with Crippen LogP contribution >= 0.6 is 0 Å². The number of hydrogen-bond acceptors (Lipinski definition) is 3. The molecule has 130 valence electrons. The molecule has 0 N–H and O–H groups in total. The van der Waals surface area contributed by atoms with Crippen molar-refractivity contribution in [3.05, 3.63) is 66.4 Å².